The number of thioether (sulfide) groups is 1. The highest BCUT2D eigenvalue weighted by Crippen LogP contribution is 2.29. The van der Waals surface area contributed by atoms with E-state index < -0.39 is 17.1 Å². The van der Waals surface area contributed by atoms with Crippen LogP contribution in [0, 0.1) is 0 Å². The molecular weight excluding hydrogens is 402 g/mol. The van der Waals surface area contributed by atoms with E-state index in [1.807, 2.05) is 0 Å². The molecule has 1 fully saturated rings. The van der Waals surface area contributed by atoms with E-state index in [0.717, 1.165) is 0 Å². The van der Waals surface area contributed by atoms with E-state index in [9.17, 15) is 14.4 Å². The maximum Gasteiger partial charge on any atom is 0.335 e. The van der Waals surface area contributed by atoms with E-state index in [-0.39, 0.29) is 17.9 Å². The summed E-state index contributed by atoms with van der Waals surface area (Å²) >= 11 is 7.14. The summed E-state index contributed by atoms with van der Waals surface area (Å²) in [6, 6.07) is 12.8. The van der Waals surface area contributed by atoms with Gasteiger partial charge in [0.05, 0.1) is 11.3 Å². The van der Waals surface area contributed by atoms with Gasteiger partial charge in [-0.2, -0.15) is 0 Å². The van der Waals surface area contributed by atoms with E-state index in [2.05, 4.69) is 10.3 Å². The molecule has 0 aromatic heterocycles. The van der Waals surface area contributed by atoms with Crippen molar-refractivity contribution in [2.75, 3.05) is 12.4 Å². The van der Waals surface area contributed by atoms with Crippen LogP contribution in [-0.2, 0) is 9.59 Å². The molecule has 1 aliphatic rings. The van der Waals surface area contributed by atoms with Crippen LogP contribution in [0.15, 0.2) is 53.5 Å². The van der Waals surface area contributed by atoms with Crippen molar-refractivity contribution < 1.29 is 19.5 Å². The highest BCUT2D eigenvalue weighted by Gasteiger charge is 2.34. The first-order valence-corrected chi connectivity index (χ1v) is 9.51. The lowest BCUT2D eigenvalue weighted by Crippen LogP contribution is -2.43. The molecule has 0 saturated carbocycles. The molecular formula is C19H16ClN3O4S. The van der Waals surface area contributed by atoms with Crippen molar-refractivity contribution >= 4 is 57.7 Å². The summed E-state index contributed by atoms with van der Waals surface area (Å²) < 4.78 is 0. The molecule has 2 amide bonds. The Morgan fingerprint density at radius 3 is 2.71 bits per heavy atom. The molecule has 1 aliphatic heterocycles. The lowest BCUT2D eigenvalue weighted by molar-refractivity contribution is -0.128. The van der Waals surface area contributed by atoms with Gasteiger partial charge < -0.3 is 10.4 Å². The van der Waals surface area contributed by atoms with Crippen molar-refractivity contribution in [2.24, 2.45) is 4.99 Å². The minimum absolute atomic E-state index is 0.0141. The van der Waals surface area contributed by atoms with Crippen LogP contribution in [-0.4, -0.2) is 45.3 Å². The molecule has 0 bridgehead atoms. The second kappa shape index (κ2) is 8.45. The maximum atomic E-state index is 12.6. The Bertz CT molecular complexity index is 979. The molecule has 2 aromatic carbocycles. The van der Waals surface area contributed by atoms with Crippen LogP contribution >= 0.6 is 23.4 Å². The van der Waals surface area contributed by atoms with Crippen molar-refractivity contribution in [3.63, 3.8) is 0 Å². The lowest BCUT2D eigenvalue weighted by atomic mass is 10.2. The SMILES string of the molecule is CN1C(=O)CC(C(=O)Nc2cccc(C(=O)O)c2)SC1=Nc1cccc(Cl)c1. The number of aromatic carboxylic acids is 1. The molecule has 2 N–H and O–H groups in total. The van der Waals surface area contributed by atoms with Gasteiger partial charge in [0.25, 0.3) is 0 Å². The topological polar surface area (TPSA) is 99.1 Å². The highest BCUT2D eigenvalue weighted by molar-refractivity contribution is 8.15. The fourth-order valence-corrected chi connectivity index (χ4v) is 3.76. The smallest absolute Gasteiger partial charge is 0.335 e. The van der Waals surface area contributed by atoms with E-state index in [1.165, 1.54) is 34.9 Å². The first kappa shape index (κ1) is 19.9. The second-order valence-corrected chi connectivity index (χ2v) is 7.62. The Kier molecular flexibility index (Phi) is 6.01. The van der Waals surface area contributed by atoms with Crippen LogP contribution in [0.25, 0.3) is 0 Å². The van der Waals surface area contributed by atoms with Crippen LogP contribution in [0.3, 0.4) is 0 Å². The van der Waals surface area contributed by atoms with Gasteiger partial charge in [0, 0.05) is 24.2 Å². The zero-order chi connectivity index (χ0) is 20.3. The maximum absolute atomic E-state index is 12.6. The van der Waals surface area contributed by atoms with Crippen LogP contribution in [0.1, 0.15) is 16.8 Å². The Labute approximate surface area is 170 Å². The van der Waals surface area contributed by atoms with Gasteiger partial charge in [0.1, 0.15) is 5.25 Å². The zero-order valence-corrected chi connectivity index (χ0v) is 16.3. The number of nitrogens with one attached hydrogen (secondary N) is 1. The normalized spacial score (nSPS) is 18.2. The fourth-order valence-electron chi connectivity index (χ4n) is 2.51. The van der Waals surface area contributed by atoms with Crippen molar-refractivity contribution in [3.05, 3.63) is 59.1 Å². The number of hydrogen-bond acceptors (Lipinski definition) is 5. The fraction of sp³-hybridized carbons (Fsp3) is 0.158. The van der Waals surface area contributed by atoms with Gasteiger partial charge in [-0.25, -0.2) is 9.79 Å². The molecule has 1 heterocycles. The minimum atomic E-state index is -1.09. The van der Waals surface area contributed by atoms with Crippen molar-refractivity contribution in [1.82, 2.24) is 4.90 Å². The number of carbonyl (C=O) groups excluding carboxylic acids is 2. The molecule has 1 saturated heterocycles. The molecule has 0 spiro atoms. The van der Waals surface area contributed by atoms with Crippen LogP contribution in [0.5, 0.6) is 0 Å². The number of hydrogen-bond donors (Lipinski definition) is 2. The van der Waals surface area contributed by atoms with Gasteiger partial charge in [0.2, 0.25) is 11.8 Å². The standard InChI is InChI=1S/C19H16ClN3O4S/c1-23-16(24)10-15(28-19(23)22-14-7-3-5-12(20)9-14)17(25)21-13-6-2-4-11(8-13)18(26)27/h2-9,15H,10H2,1H3,(H,21,25)(H,26,27). The van der Waals surface area contributed by atoms with Gasteiger partial charge in [-0.3, -0.25) is 14.5 Å². The molecule has 9 heteroatoms. The molecule has 1 unspecified atom stereocenters. The third-order valence-electron chi connectivity index (χ3n) is 3.97. The average molecular weight is 418 g/mol. The van der Waals surface area contributed by atoms with Gasteiger partial charge in [0.15, 0.2) is 5.17 Å². The van der Waals surface area contributed by atoms with E-state index in [4.69, 9.17) is 16.7 Å². The summed E-state index contributed by atoms with van der Waals surface area (Å²) in [5.41, 5.74) is 0.989. The quantitative estimate of drug-likeness (QED) is 0.791. The van der Waals surface area contributed by atoms with Gasteiger partial charge in [-0.15, -0.1) is 0 Å². The van der Waals surface area contributed by atoms with E-state index in [0.29, 0.717) is 21.6 Å². The van der Waals surface area contributed by atoms with Gasteiger partial charge in [-0.05, 0) is 36.4 Å². The number of benzene rings is 2. The molecule has 1 atom stereocenters. The lowest BCUT2D eigenvalue weighted by Gasteiger charge is -2.28. The van der Waals surface area contributed by atoms with Crippen LogP contribution in [0.4, 0.5) is 11.4 Å². The number of amidine groups is 1. The second-order valence-electron chi connectivity index (χ2n) is 6.01. The van der Waals surface area contributed by atoms with E-state index >= 15 is 0 Å². The number of amides is 2. The van der Waals surface area contributed by atoms with Crippen LogP contribution < -0.4 is 5.32 Å². The van der Waals surface area contributed by atoms with E-state index in [1.54, 1.807) is 37.4 Å². The number of nitrogens with zero attached hydrogens (tertiary/aromatic N) is 2. The molecule has 3 rings (SSSR count). The predicted molar refractivity (Wildman–Crippen MR) is 109 cm³/mol. The minimum Gasteiger partial charge on any atom is -0.478 e. The summed E-state index contributed by atoms with van der Waals surface area (Å²) in [6.07, 6.45) is 0.0141. The summed E-state index contributed by atoms with van der Waals surface area (Å²) in [5.74, 6) is -1.72. The van der Waals surface area contributed by atoms with Crippen molar-refractivity contribution in [3.8, 4) is 0 Å². The first-order valence-electron chi connectivity index (χ1n) is 8.25. The predicted octanol–water partition coefficient (Wildman–Crippen LogP) is 3.63. The summed E-state index contributed by atoms with van der Waals surface area (Å²) in [6.45, 7) is 0. The zero-order valence-electron chi connectivity index (χ0n) is 14.8. The number of anilines is 1. The highest BCUT2D eigenvalue weighted by atomic mass is 35.5. The number of aliphatic imine (C=N–C) groups is 1. The van der Waals surface area contributed by atoms with Crippen molar-refractivity contribution in [2.45, 2.75) is 11.7 Å². The Balaban J connectivity index is 1.78. The number of rotatable bonds is 4. The van der Waals surface area contributed by atoms with Gasteiger partial charge in [-0.1, -0.05) is 35.5 Å². The van der Waals surface area contributed by atoms with Gasteiger partial charge >= 0.3 is 5.97 Å². The molecule has 2 aromatic rings. The molecule has 144 valence electrons. The number of carboxylic acids is 1. The molecule has 28 heavy (non-hydrogen) atoms. The third-order valence-corrected chi connectivity index (χ3v) is 5.45. The Morgan fingerprint density at radius 1 is 1.25 bits per heavy atom. The summed E-state index contributed by atoms with van der Waals surface area (Å²) in [5, 5.41) is 11.9. The Hall–Kier alpha value is -2.84. The largest absolute Gasteiger partial charge is 0.478 e. The Morgan fingerprint density at radius 2 is 2.00 bits per heavy atom. The van der Waals surface area contributed by atoms with Crippen molar-refractivity contribution in [1.29, 1.82) is 0 Å². The molecule has 7 nitrogen and oxygen atoms in total. The first-order chi connectivity index (χ1) is 13.3. The molecule has 0 radical (unpaired) electrons. The summed E-state index contributed by atoms with van der Waals surface area (Å²) in [7, 11) is 1.60. The third kappa shape index (κ3) is 4.71. The monoisotopic (exact) mass is 417 g/mol. The summed E-state index contributed by atoms with van der Waals surface area (Å²) in [4.78, 5) is 41.8. The van der Waals surface area contributed by atoms with Crippen LogP contribution in [0.2, 0.25) is 5.02 Å². The molecule has 0 aliphatic carbocycles. The average Bonchev–Trinajstić information content (AvgIpc) is 2.65. The number of halogens is 1. The number of carbonyl (C=O) groups is 3. The number of carboxylic acid groups (broad SMARTS) is 1.